The van der Waals surface area contributed by atoms with Crippen molar-refractivity contribution < 1.29 is 14.6 Å². The second-order valence-electron chi connectivity index (χ2n) is 4.78. The van der Waals surface area contributed by atoms with Gasteiger partial charge < -0.3 is 20.5 Å². The molecule has 1 unspecified atom stereocenters. The molecule has 2 amide bonds. The summed E-state index contributed by atoms with van der Waals surface area (Å²) in [6.45, 7) is 1.93. The Morgan fingerprint density at radius 2 is 2.25 bits per heavy atom. The molecule has 0 bridgehead atoms. The predicted octanol–water partition coefficient (Wildman–Crippen LogP) is 2.32. The summed E-state index contributed by atoms with van der Waals surface area (Å²) in [5, 5.41) is 15.4. The lowest BCUT2D eigenvalue weighted by Crippen LogP contribution is -2.42. The van der Waals surface area contributed by atoms with Crippen LogP contribution in [0.4, 0.5) is 10.5 Å². The third kappa shape index (κ3) is 6.16. The van der Waals surface area contributed by atoms with E-state index in [0.29, 0.717) is 17.9 Å². The van der Waals surface area contributed by atoms with Gasteiger partial charge in [-0.3, -0.25) is 0 Å². The van der Waals surface area contributed by atoms with E-state index in [9.17, 15) is 9.90 Å². The van der Waals surface area contributed by atoms with E-state index in [-0.39, 0.29) is 12.6 Å². The molecule has 1 atom stereocenters. The van der Waals surface area contributed by atoms with Gasteiger partial charge in [0, 0.05) is 18.3 Å². The lowest BCUT2D eigenvalue weighted by atomic mass is 10.0. The highest BCUT2D eigenvalue weighted by molar-refractivity contribution is 7.98. The molecule has 0 radical (unpaired) electrons. The number of nitrogens with one attached hydrogen (secondary N) is 2. The minimum absolute atomic E-state index is 0.212. The summed E-state index contributed by atoms with van der Waals surface area (Å²) in [4.78, 5) is 11.8. The lowest BCUT2D eigenvalue weighted by molar-refractivity contribution is 0.0599. The van der Waals surface area contributed by atoms with E-state index < -0.39 is 5.60 Å². The van der Waals surface area contributed by atoms with Crippen LogP contribution in [0.2, 0.25) is 0 Å². The van der Waals surface area contributed by atoms with Gasteiger partial charge in [-0.15, -0.1) is 0 Å². The number of benzene rings is 1. The van der Waals surface area contributed by atoms with Crippen molar-refractivity contribution >= 4 is 23.5 Å². The van der Waals surface area contributed by atoms with Crippen molar-refractivity contribution in [3.63, 3.8) is 0 Å². The van der Waals surface area contributed by atoms with Gasteiger partial charge in [0.1, 0.15) is 5.75 Å². The molecule has 112 valence electrons. The number of hydrogen-bond donors (Lipinski definition) is 3. The Kier molecular flexibility index (Phi) is 6.67. The molecule has 20 heavy (non-hydrogen) atoms. The average molecular weight is 298 g/mol. The van der Waals surface area contributed by atoms with Crippen molar-refractivity contribution in [3.8, 4) is 5.75 Å². The summed E-state index contributed by atoms with van der Waals surface area (Å²) in [5.41, 5.74) is -0.250. The van der Waals surface area contributed by atoms with E-state index in [1.165, 1.54) is 0 Å². The molecule has 0 heterocycles. The fourth-order valence-electron chi connectivity index (χ4n) is 1.56. The normalized spacial score (nSPS) is 13.4. The van der Waals surface area contributed by atoms with Gasteiger partial charge in [0.2, 0.25) is 0 Å². The molecule has 0 saturated carbocycles. The molecule has 0 saturated heterocycles. The molecule has 1 aromatic rings. The smallest absolute Gasteiger partial charge is 0.319 e. The monoisotopic (exact) mass is 298 g/mol. The molecule has 0 aromatic heterocycles. The number of rotatable bonds is 7. The fourth-order valence-corrected chi connectivity index (χ4v) is 2.20. The highest BCUT2D eigenvalue weighted by atomic mass is 32.2. The maximum absolute atomic E-state index is 11.8. The van der Waals surface area contributed by atoms with Gasteiger partial charge in [0.05, 0.1) is 12.7 Å². The largest absolute Gasteiger partial charge is 0.497 e. The first-order valence-corrected chi connectivity index (χ1v) is 7.76. The van der Waals surface area contributed by atoms with Crippen molar-refractivity contribution in [3.05, 3.63) is 24.3 Å². The zero-order valence-corrected chi connectivity index (χ0v) is 12.9. The Labute approximate surface area is 124 Å². The topological polar surface area (TPSA) is 70.6 Å². The summed E-state index contributed by atoms with van der Waals surface area (Å²) in [6.07, 6.45) is 2.62. The van der Waals surface area contributed by atoms with E-state index in [2.05, 4.69) is 10.6 Å². The molecule has 0 aliphatic heterocycles. The number of ether oxygens (including phenoxy) is 1. The molecule has 1 aromatic carbocycles. The van der Waals surface area contributed by atoms with Crippen molar-refractivity contribution in [1.29, 1.82) is 0 Å². The molecule has 5 nitrogen and oxygen atoms in total. The van der Waals surface area contributed by atoms with E-state index in [4.69, 9.17) is 4.74 Å². The molecule has 3 N–H and O–H groups in total. The van der Waals surface area contributed by atoms with E-state index in [0.717, 1.165) is 5.75 Å². The maximum Gasteiger partial charge on any atom is 0.319 e. The van der Waals surface area contributed by atoms with E-state index >= 15 is 0 Å². The Morgan fingerprint density at radius 1 is 1.50 bits per heavy atom. The highest BCUT2D eigenvalue weighted by Crippen LogP contribution is 2.16. The first-order valence-electron chi connectivity index (χ1n) is 6.37. The SMILES string of the molecule is COc1cccc(NC(=O)NCC(C)(O)CCSC)c1. The van der Waals surface area contributed by atoms with Gasteiger partial charge in [0.15, 0.2) is 0 Å². The van der Waals surface area contributed by atoms with Crippen LogP contribution in [0.3, 0.4) is 0 Å². The van der Waals surface area contributed by atoms with Crippen molar-refractivity contribution in [2.75, 3.05) is 31.0 Å². The van der Waals surface area contributed by atoms with E-state index in [1.54, 1.807) is 50.1 Å². The summed E-state index contributed by atoms with van der Waals surface area (Å²) in [5.74, 6) is 1.53. The summed E-state index contributed by atoms with van der Waals surface area (Å²) >= 11 is 1.67. The molecule has 1 rings (SSSR count). The molecule has 0 spiro atoms. The predicted molar refractivity (Wildman–Crippen MR) is 83.6 cm³/mol. The van der Waals surface area contributed by atoms with Crippen LogP contribution < -0.4 is 15.4 Å². The van der Waals surface area contributed by atoms with Gasteiger partial charge in [-0.2, -0.15) is 11.8 Å². The maximum atomic E-state index is 11.8. The number of carbonyl (C=O) groups is 1. The number of carbonyl (C=O) groups excluding carboxylic acids is 1. The molecular weight excluding hydrogens is 276 g/mol. The summed E-state index contributed by atoms with van der Waals surface area (Å²) in [7, 11) is 1.57. The highest BCUT2D eigenvalue weighted by Gasteiger charge is 2.20. The number of amides is 2. The van der Waals surface area contributed by atoms with Gasteiger partial charge in [0.25, 0.3) is 0 Å². The van der Waals surface area contributed by atoms with Crippen LogP contribution in [0.15, 0.2) is 24.3 Å². The van der Waals surface area contributed by atoms with Crippen LogP contribution in [-0.4, -0.2) is 42.4 Å². The second-order valence-corrected chi connectivity index (χ2v) is 5.76. The van der Waals surface area contributed by atoms with Crippen LogP contribution >= 0.6 is 11.8 Å². The summed E-state index contributed by atoms with van der Waals surface area (Å²) < 4.78 is 5.08. The molecular formula is C14H22N2O3S. The Balaban J connectivity index is 2.43. The van der Waals surface area contributed by atoms with Gasteiger partial charge in [-0.05, 0) is 37.5 Å². The van der Waals surface area contributed by atoms with Gasteiger partial charge in [-0.1, -0.05) is 6.07 Å². The van der Waals surface area contributed by atoms with Crippen molar-refractivity contribution in [1.82, 2.24) is 5.32 Å². The first kappa shape index (κ1) is 16.7. The third-order valence-electron chi connectivity index (χ3n) is 2.80. The summed E-state index contributed by atoms with van der Waals surface area (Å²) in [6, 6.07) is 6.75. The Bertz CT molecular complexity index is 438. The Hall–Kier alpha value is -1.40. The number of thioether (sulfide) groups is 1. The minimum Gasteiger partial charge on any atom is -0.497 e. The number of urea groups is 1. The number of hydrogen-bond acceptors (Lipinski definition) is 4. The first-order chi connectivity index (χ1) is 9.46. The van der Waals surface area contributed by atoms with Crippen LogP contribution in [0.1, 0.15) is 13.3 Å². The van der Waals surface area contributed by atoms with Crippen LogP contribution in [0.5, 0.6) is 5.75 Å². The van der Waals surface area contributed by atoms with Crippen LogP contribution in [0.25, 0.3) is 0 Å². The molecule has 0 aliphatic rings. The molecule has 0 aliphatic carbocycles. The number of methoxy groups -OCH3 is 1. The molecule has 6 heteroatoms. The third-order valence-corrected chi connectivity index (χ3v) is 3.41. The van der Waals surface area contributed by atoms with Gasteiger partial charge in [-0.25, -0.2) is 4.79 Å². The van der Waals surface area contributed by atoms with Crippen LogP contribution in [0, 0.1) is 0 Å². The zero-order chi connectivity index (χ0) is 15.0. The lowest BCUT2D eigenvalue weighted by Gasteiger charge is -2.23. The minimum atomic E-state index is -0.894. The number of aliphatic hydroxyl groups is 1. The number of anilines is 1. The standard InChI is InChI=1S/C14H22N2O3S/c1-14(18,7-8-20-3)10-15-13(17)16-11-5-4-6-12(9-11)19-2/h4-6,9,18H,7-8,10H2,1-3H3,(H2,15,16,17). The van der Waals surface area contributed by atoms with E-state index in [1.807, 2.05) is 6.26 Å². The van der Waals surface area contributed by atoms with Crippen molar-refractivity contribution in [2.24, 2.45) is 0 Å². The van der Waals surface area contributed by atoms with Gasteiger partial charge >= 0.3 is 6.03 Å². The van der Waals surface area contributed by atoms with Crippen LogP contribution in [-0.2, 0) is 0 Å². The Morgan fingerprint density at radius 3 is 2.90 bits per heavy atom. The fraction of sp³-hybridized carbons (Fsp3) is 0.500. The zero-order valence-electron chi connectivity index (χ0n) is 12.1. The average Bonchev–Trinajstić information content (AvgIpc) is 2.43. The molecule has 0 fully saturated rings. The van der Waals surface area contributed by atoms with Crippen molar-refractivity contribution in [2.45, 2.75) is 18.9 Å². The quantitative estimate of drug-likeness (QED) is 0.722. The second kappa shape index (κ2) is 8.01.